The van der Waals surface area contributed by atoms with E-state index in [4.69, 9.17) is 14.2 Å². The zero-order valence-electron chi connectivity index (χ0n) is 15.0. The van der Waals surface area contributed by atoms with Crippen LogP contribution in [0.1, 0.15) is 16.7 Å². The monoisotopic (exact) mass is 341 g/mol. The highest BCUT2D eigenvalue weighted by Crippen LogP contribution is 2.38. The fourth-order valence-electron chi connectivity index (χ4n) is 2.44. The van der Waals surface area contributed by atoms with Gasteiger partial charge < -0.3 is 19.5 Å². The van der Waals surface area contributed by atoms with Crippen LogP contribution < -0.4 is 19.5 Å². The lowest BCUT2D eigenvalue weighted by Gasteiger charge is -2.12. The van der Waals surface area contributed by atoms with Crippen LogP contribution in [0.3, 0.4) is 0 Å². The Morgan fingerprint density at radius 2 is 1.72 bits per heavy atom. The molecule has 0 saturated heterocycles. The Labute approximate surface area is 148 Å². The predicted molar refractivity (Wildman–Crippen MR) is 98.2 cm³/mol. The molecule has 2 aromatic rings. The number of carbonyl (C=O) groups is 1. The van der Waals surface area contributed by atoms with E-state index in [0.29, 0.717) is 23.8 Å². The van der Waals surface area contributed by atoms with Crippen LogP contribution >= 0.6 is 0 Å². The third-order valence-corrected chi connectivity index (χ3v) is 3.66. The number of hydrogen-bond acceptors (Lipinski definition) is 4. The molecule has 0 fully saturated rings. The molecule has 2 aromatic carbocycles. The summed E-state index contributed by atoms with van der Waals surface area (Å²) in [5.74, 6) is 1.43. The highest BCUT2D eigenvalue weighted by Gasteiger charge is 2.12. The second kappa shape index (κ2) is 8.78. The van der Waals surface area contributed by atoms with E-state index >= 15 is 0 Å². The Hall–Kier alpha value is -2.95. The maximum atomic E-state index is 12.0. The summed E-state index contributed by atoms with van der Waals surface area (Å²) < 4.78 is 15.9. The molecule has 0 atom stereocenters. The maximum Gasteiger partial charge on any atom is 0.244 e. The van der Waals surface area contributed by atoms with Crippen molar-refractivity contribution in [2.45, 2.75) is 13.5 Å². The lowest BCUT2D eigenvalue weighted by molar-refractivity contribution is -0.116. The van der Waals surface area contributed by atoms with Gasteiger partial charge in [0.05, 0.1) is 21.3 Å². The first-order chi connectivity index (χ1) is 12.1. The number of nitrogens with one attached hydrogen (secondary N) is 1. The third-order valence-electron chi connectivity index (χ3n) is 3.66. The van der Waals surface area contributed by atoms with E-state index < -0.39 is 0 Å². The van der Waals surface area contributed by atoms with Crippen molar-refractivity contribution in [1.82, 2.24) is 5.32 Å². The molecule has 0 heterocycles. The van der Waals surface area contributed by atoms with Gasteiger partial charge in [-0.2, -0.15) is 0 Å². The van der Waals surface area contributed by atoms with Crippen LogP contribution in [-0.4, -0.2) is 27.2 Å². The fraction of sp³-hybridized carbons (Fsp3) is 0.250. The molecule has 132 valence electrons. The van der Waals surface area contributed by atoms with Crippen LogP contribution in [0, 0.1) is 6.92 Å². The van der Waals surface area contributed by atoms with E-state index in [9.17, 15) is 4.79 Å². The molecular formula is C20H23NO4. The van der Waals surface area contributed by atoms with Crippen LogP contribution in [0.15, 0.2) is 42.5 Å². The predicted octanol–water partition coefficient (Wildman–Crippen LogP) is 3.35. The van der Waals surface area contributed by atoms with Crippen LogP contribution in [-0.2, 0) is 11.3 Å². The fourth-order valence-corrected chi connectivity index (χ4v) is 2.44. The van der Waals surface area contributed by atoms with E-state index in [-0.39, 0.29) is 5.91 Å². The van der Waals surface area contributed by atoms with Crippen LogP contribution in [0.5, 0.6) is 17.2 Å². The van der Waals surface area contributed by atoms with Gasteiger partial charge in [-0.3, -0.25) is 4.79 Å². The van der Waals surface area contributed by atoms with E-state index in [0.717, 1.165) is 11.1 Å². The smallest absolute Gasteiger partial charge is 0.244 e. The number of hydrogen-bond donors (Lipinski definition) is 1. The topological polar surface area (TPSA) is 56.8 Å². The molecule has 1 N–H and O–H groups in total. The van der Waals surface area contributed by atoms with Gasteiger partial charge >= 0.3 is 0 Å². The summed E-state index contributed by atoms with van der Waals surface area (Å²) in [6.07, 6.45) is 3.19. The quantitative estimate of drug-likeness (QED) is 0.785. The summed E-state index contributed by atoms with van der Waals surface area (Å²) >= 11 is 0. The Morgan fingerprint density at radius 3 is 2.28 bits per heavy atom. The van der Waals surface area contributed by atoms with Crippen molar-refractivity contribution in [3.8, 4) is 17.2 Å². The van der Waals surface area contributed by atoms with Gasteiger partial charge in [-0.1, -0.05) is 29.8 Å². The van der Waals surface area contributed by atoms with E-state index in [1.807, 2.05) is 31.2 Å². The van der Waals surface area contributed by atoms with Crippen molar-refractivity contribution in [3.05, 3.63) is 59.2 Å². The molecule has 0 spiro atoms. The van der Waals surface area contributed by atoms with Gasteiger partial charge in [0.2, 0.25) is 11.7 Å². The molecule has 2 rings (SSSR count). The van der Waals surface area contributed by atoms with Gasteiger partial charge in [0.1, 0.15) is 0 Å². The van der Waals surface area contributed by atoms with E-state index in [2.05, 4.69) is 5.32 Å². The van der Waals surface area contributed by atoms with Crippen molar-refractivity contribution >= 4 is 12.0 Å². The van der Waals surface area contributed by atoms with Crippen molar-refractivity contribution in [3.63, 3.8) is 0 Å². The zero-order valence-corrected chi connectivity index (χ0v) is 15.0. The number of carbonyl (C=O) groups excluding carboxylic acids is 1. The number of benzene rings is 2. The number of ether oxygens (including phenoxy) is 3. The molecule has 0 saturated carbocycles. The molecule has 1 amide bonds. The van der Waals surface area contributed by atoms with Crippen LogP contribution in [0.4, 0.5) is 0 Å². The zero-order chi connectivity index (χ0) is 18.2. The summed E-state index contributed by atoms with van der Waals surface area (Å²) in [6, 6.07) is 11.6. The van der Waals surface area contributed by atoms with Gasteiger partial charge in [-0.25, -0.2) is 0 Å². The normalized spacial score (nSPS) is 10.6. The minimum absolute atomic E-state index is 0.171. The van der Waals surface area contributed by atoms with Gasteiger partial charge in [0.25, 0.3) is 0 Å². The molecule has 0 unspecified atom stereocenters. The Morgan fingerprint density at radius 1 is 1.04 bits per heavy atom. The number of aryl methyl sites for hydroxylation is 1. The Bertz CT molecular complexity index is 743. The van der Waals surface area contributed by atoms with Crippen molar-refractivity contribution < 1.29 is 19.0 Å². The van der Waals surface area contributed by atoms with E-state index in [1.54, 1.807) is 39.5 Å². The molecular weight excluding hydrogens is 318 g/mol. The first kappa shape index (κ1) is 18.4. The minimum Gasteiger partial charge on any atom is -0.493 e. The molecule has 0 aliphatic rings. The number of amides is 1. The second-order valence-corrected chi connectivity index (χ2v) is 5.50. The lowest BCUT2D eigenvalue weighted by atomic mass is 10.1. The Balaban J connectivity index is 2.06. The van der Waals surface area contributed by atoms with Gasteiger partial charge in [-0.15, -0.1) is 0 Å². The summed E-state index contributed by atoms with van der Waals surface area (Å²) in [4.78, 5) is 12.0. The first-order valence-electron chi connectivity index (χ1n) is 7.89. The third kappa shape index (κ3) is 5.01. The molecule has 0 aliphatic carbocycles. The SMILES string of the molecule is COc1cc(/C=C/C(=O)NCc2cccc(C)c2)cc(OC)c1OC. The average molecular weight is 341 g/mol. The molecule has 0 bridgehead atoms. The first-order valence-corrected chi connectivity index (χ1v) is 7.89. The largest absolute Gasteiger partial charge is 0.493 e. The summed E-state index contributed by atoms with van der Waals surface area (Å²) in [5.41, 5.74) is 3.01. The highest BCUT2D eigenvalue weighted by molar-refractivity contribution is 5.91. The van der Waals surface area contributed by atoms with Crippen molar-refractivity contribution in [2.24, 2.45) is 0 Å². The summed E-state index contributed by atoms with van der Waals surface area (Å²) in [6.45, 7) is 2.51. The van der Waals surface area contributed by atoms with Crippen LogP contribution in [0.2, 0.25) is 0 Å². The highest BCUT2D eigenvalue weighted by atomic mass is 16.5. The minimum atomic E-state index is -0.171. The lowest BCUT2D eigenvalue weighted by Crippen LogP contribution is -2.20. The average Bonchev–Trinajstić information content (AvgIpc) is 2.63. The molecule has 5 heteroatoms. The van der Waals surface area contributed by atoms with Gasteiger partial charge in [-0.05, 0) is 36.3 Å². The van der Waals surface area contributed by atoms with Crippen molar-refractivity contribution in [2.75, 3.05) is 21.3 Å². The summed E-state index contributed by atoms with van der Waals surface area (Å²) in [7, 11) is 4.66. The van der Waals surface area contributed by atoms with Crippen LogP contribution in [0.25, 0.3) is 6.08 Å². The molecule has 0 radical (unpaired) electrons. The maximum absolute atomic E-state index is 12.0. The Kier molecular flexibility index (Phi) is 6.46. The summed E-state index contributed by atoms with van der Waals surface area (Å²) in [5, 5.41) is 2.86. The molecule has 0 aliphatic heterocycles. The molecule has 0 aromatic heterocycles. The molecule has 5 nitrogen and oxygen atoms in total. The van der Waals surface area contributed by atoms with Gasteiger partial charge in [0, 0.05) is 12.6 Å². The standard InChI is InChI=1S/C20H23NO4/c1-14-6-5-7-16(10-14)13-21-19(22)9-8-15-11-17(23-2)20(25-4)18(12-15)24-3/h5-12H,13H2,1-4H3,(H,21,22)/b9-8+. The van der Waals surface area contributed by atoms with E-state index in [1.165, 1.54) is 11.6 Å². The van der Waals surface area contributed by atoms with Crippen molar-refractivity contribution in [1.29, 1.82) is 0 Å². The van der Waals surface area contributed by atoms with Gasteiger partial charge in [0.15, 0.2) is 11.5 Å². The molecule has 25 heavy (non-hydrogen) atoms. The second-order valence-electron chi connectivity index (χ2n) is 5.50. The number of rotatable bonds is 7. The number of methoxy groups -OCH3 is 3.